The van der Waals surface area contributed by atoms with Gasteiger partial charge in [0.1, 0.15) is 17.2 Å². The first-order valence-corrected chi connectivity index (χ1v) is 10.7. The van der Waals surface area contributed by atoms with Crippen LogP contribution in [0.25, 0.3) is 6.08 Å². The Morgan fingerprint density at radius 1 is 0.912 bits per heavy atom. The van der Waals surface area contributed by atoms with Crippen LogP contribution in [0.4, 0.5) is 5.69 Å². The van der Waals surface area contributed by atoms with E-state index in [1.165, 1.54) is 13.2 Å². The number of hydrogen-bond acceptors (Lipinski definition) is 6. The number of nitrogens with one attached hydrogen (secondary N) is 1. The molecule has 0 aliphatic rings. The van der Waals surface area contributed by atoms with E-state index >= 15 is 0 Å². The van der Waals surface area contributed by atoms with E-state index in [4.69, 9.17) is 18.9 Å². The van der Waals surface area contributed by atoms with Crippen molar-refractivity contribution in [3.8, 4) is 17.2 Å². The summed E-state index contributed by atoms with van der Waals surface area (Å²) in [7, 11) is 3.09. The maximum absolute atomic E-state index is 13.1. The Kier molecular flexibility index (Phi) is 8.68. The Morgan fingerprint density at radius 2 is 1.65 bits per heavy atom. The highest BCUT2D eigenvalue weighted by molar-refractivity contribution is 5.98. The Morgan fingerprint density at radius 3 is 2.35 bits per heavy atom. The lowest BCUT2D eigenvalue weighted by atomic mass is 10.1. The van der Waals surface area contributed by atoms with Gasteiger partial charge < -0.3 is 24.3 Å². The lowest BCUT2D eigenvalue weighted by Crippen LogP contribution is -2.25. The molecular formula is C27H27NO6. The molecule has 1 unspecified atom stereocenters. The van der Waals surface area contributed by atoms with Crippen LogP contribution in [0.2, 0.25) is 0 Å². The van der Waals surface area contributed by atoms with E-state index in [0.29, 0.717) is 40.7 Å². The average Bonchev–Trinajstić information content (AvgIpc) is 2.87. The van der Waals surface area contributed by atoms with Crippen molar-refractivity contribution in [2.24, 2.45) is 0 Å². The summed E-state index contributed by atoms with van der Waals surface area (Å²) in [6.45, 7) is 2.31. The molecule has 0 fully saturated rings. The van der Waals surface area contributed by atoms with Gasteiger partial charge in [-0.2, -0.15) is 0 Å². The standard InChI is InChI=1S/C27H27NO6/c1-4-33-23-13-9-8-12-22(23)28-27(30)26(20-10-6-5-7-11-20)34-25(29)17-15-19-14-16-21(31-2)18-24(19)32-3/h5-18,26H,4H2,1-3H3,(H,28,30)/b17-15+. The number of para-hydroxylation sites is 2. The normalized spacial score (nSPS) is 11.5. The van der Waals surface area contributed by atoms with Gasteiger partial charge >= 0.3 is 5.97 Å². The minimum atomic E-state index is -1.16. The van der Waals surface area contributed by atoms with Crippen LogP contribution in [0.1, 0.15) is 24.2 Å². The molecule has 0 saturated heterocycles. The van der Waals surface area contributed by atoms with E-state index in [2.05, 4.69) is 5.32 Å². The molecule has 0 aliphatic carbocycles. The zero-order valence-corrected chi connectivity index (χ0v) is 19.3. The zero-order valence-electron chi connectivity index (χ0n) is 19.3. The first kappa shape index (κ1) is 24.4. The summed E-state index contributed by atoms with van der Waals surface area (Å²) in [6, 6.07) is 21.1. The zero-order chi connectivity index (χ0) is 24.3. The van der Waals surface area contributed by atoms with Gasteiger partial charge in [0.05, 0.1) is 26.5 Å². The predicted octanol–water partition coefficient (Wildman–Crippen LogP) is 5.04. The number of amides is 1. The first-order chi connectivity index (χ1) is 16.5. The summed E-state index contributed by atoms with van der Waals surface area (Å²) in [5.41, 5.74) is 1.69. The number of benzene rings is 3. The molecule has 0 heterocycles. The van der Waals surface area contributed by atoms with Crippen LogP contribution in [0.15, 0.2) is 78.9 Å². The Bertz CT molecular complexity index is 1140. The van der Waals surface area contributed by atoms with Gasteiger partial charge in [-0.05, 0) is 37.3 Å². The van der Waals surface area contributed by atoms with Crippen molar-refractivity contribution >= 4 is 23.6 Å². The number of anilines is 1. The van der Waals surface area contributed by atoms with Crippen molar-refractivity contribution in [3.05, 3.63) is 90.0 Å². The number of methoxy groups -OCH3 is 2. The van der Waals surface area contributed by atoms with Crippen molar-refractivity contribution in [2.75, 3.05) is 26.1 Å². The van der Waals surface area contributed by atoms with Crippen molar-refractivity contribution in [3.63, 3.8) is 0 Å². The predicted molar refractivity (Wildman–Crippen MR) is 130 cm³/mol. The highest BCUT2D eigenvalue weighted by Crippen LogP contribution is 2.28. The van der Waals surface area contributed by atoms with E-state index in [-0.39, 0.29) is 0 Å². The summed E-state index contributed by atoms with van der Waals surface area (Å²) < 4.78 is 21.7. The van der Waals surface area contributed by atoms with E-state index < -0.39 is 18.0 Å². The average molecular weight is 462 g/mol. The molecule has 3 rings (SSSR count). The van der Waals surface area contributed by atoms with Gasteiger partial charge in [-0.15, -0.1) is 0 Å². The van der Waals surface area contributed by atoms with Crippen LogP contribution in [-0.2, 0) is 14.3 Å². The summed E-state index contributed by atoms with van der Waals surface area (Å²) in [4.78, 5) is 25.8. The topological polar surface area (TPSA) is 83.1 Å². The maximum Gasteiger partial charge on any atom is 0.331 e. The second-order valence-corrected chi connectivity index (χ2v) is 7.09. The van der Waals surface area contributed by atoms with Gasteiger partial charge in [-0.1, -0.05) is 42.5 Å². The summed E-state index contributed by atoms with van der Waals surface area (Å²) in [5, 5.41) is 2.80. The minimum absolute atomic E-state index is 0.448. The lowest BCUT2D eigenvalue weighted by Gasteiger charge is -2.18. The fourth-order valence-corrected chi connectivity index (χ4v) is 3.22. The molecule has 3 aromatic carbocycles. The molecule has 0 saturated carbocycles. The summed E-state index contributed by atoms with van der Waals surface area (Å²) >= 11 is 0. The quantitative estimate of drug-likeness (QED) is 0.336. The van der Waals surface area contributed by atoms with Crippen molar-refractivity contribution in [1.82, 2.24) is 0 Å². The second kappa shape index (κ2) is 12.1. The number of rotatable bonds is 10. The van der Waals surface area contributed by atoms with Gasteiger partial charge in [0, 0.05) is 23.3 Å². The van der Waals surface area contributed by atoms with E-state index in [1.807, 2.05) is 19.1 Å². The molecule has 3 aromatic rings. The number of ether oxygens (including phenoxy) is 4. The minimum Gasteiger partial charge on any atom is -0.497 e. The third-order valence-electron chi connectivity index (χ3n) is 4.86. The van der Waals surface area contributed by atoms with E-state index in [1.54, 1.807) is 73.8 Å². The Labute approximate surface area is 198 Å². The second-order valence-electron chi connectivity index (χ2n) is 7.09. The number of carbonyl (C=O) groups is 2. The summed E-state index contributed by atoms with van der Waals surface area (Å²) in [6.07, 6.45) is 1.65. The van der Waals surface area contributed by atoms with E-state index in [0.717, 1.165) is 0 Å². The molecule has 1 amide bonds. The van der Waals surface area contributed by atoms with E-state index in [9.17, 15) is 9.59 Å². The van der Waals surface area contributed by atoms with Crippen molar-refractivity contribution in [2.45, 2.75) is 13.0 Å². The Balaban J connectivity index is 1.80. The molecule has 1 N–H and O–H groups in total. The molecule has 0 bridgehead atoms. The highest BCUT2D eigenvalue weighted by atomic mass is 16.5. The maximum atomic E-state index is 13.1. The highest BCUT2D eigenvalue weighted by Gasteiger charge is 2.25. The molecular weight excluding hydrogens is 434 g/mol. The SMILES string of the molecule is CCOc1ccccc1NC(=O)C(OC(=O)/C=C/c1ccc(OC)cc1OC)c1ccccc1. The van der Waals surface area contributed by atoms with Crippen molar-refractivity contribution < 1.29 is 28.5 Å². The molecule has 1 atom stereocenters. The fraction of sp³-hybridized carbons (Fsp3) is 0.185. The molecule has 34 heavy (non-hydrogen) atoms. The van der Waals surface area contributed by atoms with Crippen LogP contribution < -0.4 is 19.5 Å². The lowest BCUT2D eigenvalue weighted by molar-refractivity contribution is -0.149. The molecule has 0 spiro atoms. The molecule has 0 radical (unpaired) electrons. The molecule has 7 heteroatoms. The van der Waals surface area contributed by atoms with Crippen LogP contribution in [0, 0.1) is 0 Å². The van der Waals surface area contributed by atoms with Gasteiger partial charge in [-0.3, -0.25) is 4.79 Å². The fourth-order valence-electron chi connectivity index (χ4n) is 3.22. The van der Waals surface area contributed by atoms with Crippen LogP contribution in [-0.4, -0.2) is 32.7 Å². The van der Waals surface area contributed by atoms with Crippen LogP contribution >= 0.6 is 0 Å². The Hall–Kier alpha value is -4.26. The first-order valence-electron chi connectivity index (χ1n) is 10.7. The van der Waals surface area contributed by atoms with Crippen LogP contribution in [0.5, 0.6) is 17.2 Å². The van der Waals surface area contributed by atoms with Crippen molar-refractivity contribution in [1.29, 1.82) is 0 Å². The smallest absolute Gasteiger partial charge is 0.331 e. The third kappa shape index (κ3) is 6.38. The van der Waals surface area contributed by atoms with Gasteiger partial charge in [0.15, 0.2) is 0 Å². The number of esters is 1. The molecule has 0 aromatic heterocycles. The third-order valence-corrected chi connectivity index (χ3v) is 4.86. The van der Waals surface area contributed by atoms with Crippen LogP contribution in [0.3, 0.4) is 0 Å². The molecule has 176 valence electrons. The molecule has 0 aliphatic heterocycles. The van der Waals surface area contributed by atoms with Gasteiger partial charge in [0.25, 0.3) is 5.91 Å². The van der Waals surface area contributed by atoms with Gasteiger partial charge in [0.2, 0.25) is 6.10 Å². The molecule has 7 nitrogen and oxygen atoms in total. The largest absolute Gasteiger partial charge is 0.497 e. The van der Waals surface area contributed by atoms with Gasteiger partial charge in [-0.25, -0.2) is 4.79 Å². The number of hydrogen-bond donors (Lipinski definition) is 1. The monoisotopic (exact) mass is 461 g/mol. The summed E-state index contributed by atoms with van der Waals surface area (Å²) in [5.74, 6) is 0.517. The number of carbonyl (C=O) groups excluding carboxylic acids is 2.